The minimum atomic E-state index is -0.393. The zero-order valence-corrected chi connectivity index (χ0v) is 12.8. The number of nitrogens with zero attached hydrogens (tertiary/aromatic N) is 2. The first-order valence-corrected chi connectivity index (χ1v) is 7.67. The van der Waals surface area contributed by atoms with Crippen LogP contribution in [0.5, 0.6) is 0 Å². The van der Waals surface area contributed by atoms with E-state index >= 15 is 0 Å². The van der Waals surface area contributed by atoms with Crippen LogP contribution < -0.4 is 10.2 Å². The van der Waals surface area contributed by atoms with Crippen molar-refractivity contribution in [1.82, 2.24) is 10.5 Å². The maximum Gasteiger partial charge on any atom is 0.239 e. The molecule has 5 nitrogen and oxygen atoms in total. The molecular weight excluding hydrogens is 278 g/mol. The van der Waals surface area contributed by atoms with Crippen LogP contribution in [0.15, 0.2) is 28.8 Å². The van der Waals surface area contributed by atoms with Gasteiger partial charge in [-0.25, -0.2) is 0 Å². The standard InChI is InChI=1S/C17H19N3O2/c1-11-13(12(2)22-19-11)9-20-15-6-4-3-5-14(15)17(16(20)21)7-8-18-10-17/h3-6,18H,7-10H2,1-2H3. The van der Waals surface area contributed by atoms with Gasteiger partial charge >= 0.3 is 0 Å². The van der Waals surface area contributed by atoms with Crippen LogP contribution in [0.2, 0.25) is 0 Å². The first-order chi connectivity index (χ1) is 10.6. The summed E-state index contributed by atoms with van der Waals surface area (Å²) in [5, 5.41) is 7.35. The molecule has 0 saturated carbocycles. The van der Waals surface area contributed by atoms with E-state index in [4.69, 9.17) is 4.52 Å². The molecule has 3 heterocycles. The summed E-state index contributed by atoms with van der Waals surface area (Å²) < 4.78 is 5.25. The van der Waals surface area contributed by atoms with E-state index in [1.54, 1.807) is 0 Å². The Labute approximate surface area is 129 Å². The lowest BCUT2D eigenvalue weighted by Crippen LogP contribution is -2.41. The van der Waals surface area contributed by atoms with Gasteiger partial charge in [-0.1, -0.05) is 23.4 Å². The van der Waals surface area contributed by atoms with Crippen LogP contribution in [-0.4, -0.2) is 24.2 Å². The third-order valence-electron chi connectivity index (χ3n) is 5.02. The van der Waals surface area contributed by atoms with E-state index in [1.165, 1.54) is 0 Å². The summed E-state index contributed by atoms with van der Waals surface area (Å²) in [5.41, 5.74) is 3.64. The number of aromatic nitrogens is 1. The highest BCUT2D eigenvalue weighted by molar-refractivity contribution is 6.08. The fourth-order valence-electron chi connectivity index (χ4n) is 3.74. The maximum absolute atomic E-state index is 13.2. The average Bonchev–Trinajstić information content (AvgIpc) is 3.19. The van der Waals surface area contributed by atoms with Crippen molar-refractivity contribution in [2.75, 3.05) is 18.0 Å². The molecule has 1 N–H and O–H groups in total. The highest BCUT2D eigenvalue weighted by atomic mass is 16.5. The first kappa shape index (κ1) is 13.5. The highest BCUT2D eigenvalue weighted by Crippen LogP contribution is 2.46. The zero-order valence-electron chi connectivity index (χ0n) is 12.8. The Hall–Kier alpha value is -2.14. The molecule has 2 aromatic rings. The van der Waals surface area contributed by atoms with Crippen molar-refractivity contribution in [1.29, 1.82) is 0 Å². The van der Waals surface area contributed by atoms with Crippen LogP contribution in [0, 0.1) is 13.8 Å². The number of nitrogens with one attached hydrogen (secondary N) is 1. The molecule has 1 aromatic heterocycles. The van der Waals surface area contributed by atoms with E-state index in [0.717, 1.165) is 47.8 Å². The number of fused-ring (bicyclic) bond motifs is 2. The topological polar surface area (TPSA) is 58.4 Å². The van der Waals surface area contributed by atoms with Gasteiger partial charge in [-0.3, -0.25) is 4.79 Å². The number of amides is 1. The van der Waals surface area contributed by atoms with Crippen LogP contribution in [-0.2, 0) is 16.8 Å². The van der Waals surface area contributed by atoms with Gasteiger partial charge < -0.3 is 14.7 Å². The Bertz CT molecular complexity index is 725. The fraction of sp³-hybridized carbons (Fsp3) is 0.412. The van der Waals surface area contributed by atoms with Gasteiger partial charge in [0.1, 0.15) is 5.76 Å². The van der Waals surface area contributed by atoms with Crippen LogP contribution in [0.4, 0.5) is 5.69 Å². The van der Waals surface area contributed by atoms with Crippen molar-refractivity contribution in [2.24, 2.45) is 0 Å². The van der Waals surface area contributed by atoms with Gasteiger partial charge in [0.2, 0.25) is 5.91 Å². The van der Waals surface area contributed by atoms with E-state index in [-0.39, 0.29) is 5.91 Å². The zero-order chi connectivity index (χ0) is 15.3. The van der Waals surface area contributed by atoms with E-state index in [0.29, 0.717) is 6.54 Å². The monoisotopic (exact) mass is 297 g/mol. The van der Waals surface area contributed by atoms with Crippen LogP contribution in [0.25, 0.3) is 0 Å². The lowest BCUT2D eigenvalue weighted by Gasteiger charge is -2.22. The molecule has 0 bridgehead atoms. The summed E-state index contributed by atoms with van der Waals surface area (Å²) >= 11 is 0. The summed E-state index contributed by atoms with van der Waals surface area (Å²) in [5.74, 6) is 0.979. The Morgan fingerprint density at radius 1 is 1.36 bits per heavy atom. The smallest absolute Gasteiger partial charge is 0.239 e. The molecule has 2 aliphatic heterocycles. The summed E-state index contributed by atoms with van der Waals surface area (Å²) in [7, 11) is 0. The fourth-order valence-corrected chi connectivity index (χ4v) is 3.74. The summed E-state index contributed by atoms with van der Waals surface area (Å²) in [4.78, 5) is 15.1. The minimum Gasteiger partial charge on any atom is -0.361 e. The predicted molar refractivity (Wildman–Crippen MR) is 82.8 cm³/mol. The molecule has 5 heteroatoms. The molecule has 4 rings (SSSR count). The van der Waals surface area contributed by atoms with E-state index in [9.17, 15) is 4.79 Å². The molecule has 22 heavy (non-hydrogen) atoms. The summed E-state index contributed by atoms with van der Waals surface area (Å²) in [6.45, 7) is 5.96. The Morgan fingerprint density at radius 2 is 2.18 bits per heavy atom. The normalized spacial score (nSPS) is 23.5. The number of carbonyl (C=O) groups excluding carboxylic acids is 1. The quantitative estimate of drug-likeness (QED) is 0.922. The molecule has 0 radical (unpaired) electrons. The molecule has 1 amide bonds. The van der Waals surface area contributed by atoms with E-state index < -0.39 is 5.41 Å². The molecule has 2 aliphatic rings. The Morgan fingerprint density at radius 3 is 2.86 bits per heavy atom. The van der Waals surface area contributed by atoms with Gasteiger partial charge in [-0.05, 0) is 38.4 Å². The summed E-state index contributed by atoms with van der Waals surface area (Å²) in [6, 6.07) is 8.14. The summed E-state index contributed by atoms with van der Waals surface area (Å²) in [6.07, 6.45) is 0.862. The lowest BCUT2D eigenvalue weighted by molar-refractivity contribution is -0.122. The number of para-hydroxylation sites is 1. The van der Waals surface area contributed by atoms with E-state index in [2.05, 4.69) is 16.5 Å². The second-order valence-corrected chi connectivity index (χ2v) is 6.22. The largest absolute Gasteiger partial charge is 0.361 e. The molecule has 1 unspecified atom stereocenters. The number of benzene rings is 1. The highest BCUT2D eigenvalue weighted by Gasteiger charge is 2.52. The van der Waals surface area contributed by atoms with Crippen molar-refractivity contribution < 1.29 is 9.32 Å². The molecular formula is C17H19N3O2. The van der Waals surface area contributed by atoms with Gasteiger partial charge in [0.15, 0.2) is 0 Å². The maximum atomic E-state index is 13.2. The van der Waals surface area contributed by atoms with Gasteiger partial charge in [0.05, 0.1) is 17.7 Å². The third kappa shape index (κ3) is 1.69. The SMILES string of the molecule is Cc1noc(C)c1CN1C(=O)C2(CCNC2)c2ccccc21. The number of aryl methyl sites for hydroxylation is 2. The number of hydrogen-bond donors (Lipinski definition) is 1. The molecule has 1 saturated heterocycles. The number of hydrogen-bond acceptors (Lipinski definition) is 4. The Kier molecular flexibility index (Phi) is 2.87. The van der Waals surface area contributed by atoms with Crippen molar-refractivity contribution >= 4 is 11.6 Å². The van der Waals surface area contributed by atoms with E-state index in [1.807, 2.05) is 36.9 Å². The number of carbonyl (C=O) groups is 1. The molecule has 114 valence electrons. The second-order valence-electron chi connectivity index (χ2n) is 6.22. The molecule has 1 atom stereocenters. The van der Waals surface area contributed by atoms with Crippen molar-refractivity contribution in [3.63, 3.8) is 0 Å². The average molecular weight is 297 g/mol. The minimum absolute atomic E-state index is 0.193. The Balaban J connectivity index is 1.79. The van der Waals surface area contributed by atoms with Gasteiger partial charge in [-0.2, -0.15) is 0 Å². The molecule has 1 fully saturated rings. The van der Waals surface area contributed by atoms with Crippen molar-refractivity contribution in [3.8, 4) is 0 Å². The molecule has 0 aliphatic carbocycles. The first-order valence-electron chi connectivity index (χ1n) is 7.67. The predicted octanol–water partition coefficient (Wildman–Crippen LogP) is 2.07. The van der Waals surface area contributed by atoms with Gasteiger partial charge in [-0.15, -0.1) is 0 Å². The lowest BCUT2D eigenvalue weighted by atomic mass is 9.81. The van der Waals surface area contributed by atoms with Crippen LogP contribution in [0.1, 0.15) is 29.0 Å². The number of rotatable bonds is 2. The van der Waals surface area contributed by atoms with Crippen LogP contribution >= 0.6 is 0 Å². The van der Waals surface area contributed by atoms with Gasteiger partial charge in [0, 0.05) is 17.8 Å². The van der Waals surface area contributed by atoms with Crippen molar-refractivity contribution in [2.45, 2.75) is 32.2 Å². The molecule has 1 spiro atoms. The third-order valence-corrected chi connectivity index (χ3v) is 5.02. The number of anilines is 1. The second kappa shape index (κ2) is 4.68. The van der Waals surface area contributed by atoms with Crippen molar-refractivity contribution in [3.05, 3.63) is 46.8 Å². The molecule has 1 aromatic carbocycles. The van der Waals surface area contributed by atoms with Crippen LogP contribution in [0.3, 0.4) is 0 Å². The van der Waals surface area contributed by atoms with Gasteiger partial charge in [0.25, 0.3) is 0 Å².